The Labute approximate surface area is 104 Å². The topological polar surface area (TPSA) is 117 Å². The minimum Gasteiger partial charge on any atom is -0.480 e. The number of nitriles is 1. The molecule has 1 heterocycles. The molecule has 1 fully saturated rings. The average molecular weight is 249 g/mol. The molecule has 1 atom stereocenters. The van der Waals surface area contributed by atoms with E-state index in [0.717, 1.165) is 4.68 Å². The van der Waals surface area contributed by atoms with E-state index in [-0.39, 0.29) is 24.0 Å². The van der Waals surface area contributed by atoms with E-state index in [2.05, 4.69) is 10.4 Å². The first-order valence-corrected chi connectivity index (χ1v) is 5.77. The van der Waals surface area contributed by atoms with Crippen LogP contribution in [0.5, 0.6) is 0 Å². The van der Waals surface area contributed by atoms with Crippen molar-refractivity contribution in [1.82, 2.24) is 9.78 Å². The summed E-state index contributed by atoms with van der Waals surface area (Å²) < 4.78 is 1.13. The van der Waals surface area contributed by atoms with Crippen LogP contribution in [0.4, 0.5) is 11.6 Å². The summed E-state index contributed by atoms with van der Waals surface area (Å²) in [6.07, 6.45) is 2.34. The predicted octanol–water partition coefficient (Wildman–Crippen LogP) is 0.632. The summed E-state index contributed by atoms with van der Waals surface area (Å²) in [5.74, 6) is 0.0129. The lowest BCUT2D eigenvalue weighted by Crippen LogP contribution is -2.18. The molecule has 2 rings (SSSR count). The molecule has 7 heteroatoms. The van der Waals surface area contributed by atoms with Crippen LogP contribution in [0.2, 0.25) is 0 Å². The molecule has 0 radical (unpaired) electrons. The van der Waals surface area contributed by atoms with Crippen LogP contribution in [-0.4, -0.2) is 26.9 Å². The van der Waals surface area contributed by atoms with Gasteiger partial charge in [-0.05, 0) is 25.7 Å². The quantitative estimate of drug-likeness (QED) is 0.704. The SMILES string of the molecule is CC(Nc1nn(CC(=O)O)c(N)c1C#N)C1CC1. The molecule has 1 saturated carbocycles. The number of nitrogen functional groups attached to an aromatic ring is 1. The van der Waals surface area contributed by atoms with E-state index in [4.69, 9.17) is 16.1 Å². The minimum atomic E-state index is -1.05. The van der Waals surface area contributed by atoms with Crippen LogP contribution in [0, 0.1) is 17.2 Å². The Balaban J connectivity index is 2.23. The smallest absolute Gasteiger partial charge is 0.325 e. The summed E-state index contributed by atoms with van der Waals surface area (Å²) in [5.41, 5.74) is 5.92. The maximum atomic E-state index is 10.7. The fraction of sp³-hybridized carbons (Fsp3) is 0.545. The molecule has 1 aromatic rings. The summed E-state index contributed by atoms with van der Waals surface area (Å²) in [5, 5.41) is 24.9. The number of rotatable bonds is 5. The van der Waals surface area contributed by atoms with Crippen LogP contribution >= 0.6 is 0 Å². The third-order valence-electron chi connectivity index (χ3n) is 3.08. The normalized spacial score (nSPS) is 16.0. The van der Waals surface area contributed by atoms with Crippen LogP contribution in [-0.2, 0) is 11.3 Å². The molecule has 18 heavy (non-hydrogen) atoms. The Morgan fingerprint density at radius 3 is 2.94 bits per heavy atom. The van der Waals surface area contributed by atoms with E-state index < -0.39 is 5.97 Å². The van der Waals surface area contributed by atoms with Gasteiger partial charge in [0.1, 0.15) is 24.0 Å². The summed E-state index contributed by atoms with van der Waals surface area (Å²) >= 11 is 0. The summed E-state index contributed by atoms with van der Waals surface area (Å²) in [6.45, 7) is 1.67. The molecular weight excluding hydrogens is 234 g/mol. The summed E-state index contributed by atoms with van der Waals surface area (Å²) in [7, 11) is 0. The Hall–Kier alpha value is -2.23. The van der Waals surface area contributed by atoms with Gasteiger partial charge < -0.3 is 16.2 Å². The second-order valence-electron chi connectivity index (χ2n) is 4.54. The van der Waals surface area contributed by atoms with Crippen molar-refractivity contribution in [2.45, 2.75) is 32.4 Å². The monoisotopic (exact) mass is 249 g/mol. The molecule has 0 amide bonds. The largest absolute Gasteiger partial charge is 0.480 e. The average Bonchev–Trinajstić information content (AvgIpc) is 3.08. The number of anilines is 2. The number of carbonyl (C=O) groups is 1. The Morgan fingerprint density at radius 2 is 2.44 bits per heavy atom. The van der Waals surface area contributed by atoms with Crippen molar-refractivity contribution in [3.8, 4) is 6.07 Å². The molecule has 1 unspecified atom stereocenters. The number of nitrogens with two attached hydrogens (primary N) is 1. The zero-order valence-corrected chi connectivity index (χ0v) is 10.1. The van der Waals surface area contributed by atoms with Gasteiger partial charge in [-0.15, -0.1) is 0 Å². The first kappa shape index (κ1) is 12.2. The van der Waals surface area contributed by atoms with Gasteiger partial charge >= 0.3 is 5.97 Å². The van der Waals surface area contributed by atoms with Gasteiger partial charge in [-0.2, -0.15) is 10.4 Å². The van der Waals surface area contributed by atoms with Gasteiger partial charge in [0.05, 0.1) is 0 Å². The maximum Gasteiger partial charge on any atom is 0.325 e. The molecule has 0 spiro atoms. The number of aliphatic carboxylic acids is 1. The Kier molecular flexibility index (Phi) is 3.10. The highest BCUT2D eigenvalue weighted by Crippen LogP contribution is 2.34. The highest BCUT2D eigenvalue weighted by Gasteiger charge is 2.29. The standard InChI is InChI=1S/C11H15N5O2/c1-6(7-2-3-7)14-11-8(4-12)10(13)16(15-11)5-9(17)18/h6-7H,2-3,5,13H2,1H3,(H,14,15)(H,17,18). The fourth-order valence-electron chi connectivity index (χ4n) is 1.86. The van der Waals surface area contributed by atoms with E-state index in [0.29, 0.717) is 11.7 Å². The number of carboxylic acid groups (broad SMARTS) is 1. The van der Waals surface area contributed by atoms with E-state index in [1.54, 1.807) is 0 Å². The third-order valence-corrected chi connectivity index (χ3v) is 3.08. The van der Waals surface area contributed by atoms with Gasteiger partial charge in [0, 0.05) is 6.04 Å². The number of aromatic nitrogens is 2. The Morgan fingerprint density at radius 1 is 1.78 bits per heavy atom. The molecule has 1 aromatic heterocycles. The fourth-order valence-corrected chi connectivity index (χ4v) is 1.86. The first-order valence-electron chi connectivity index (χ1n) is 5.77. The Bertz CT molecular complexity index is 512. The second kappa shape index (κ2) is 4.56. The lowest BCUT2D eigenvalue weighted by Gasteiger charge is -2.11. The molecule has 1 aliphatic carbocycles. The molecular formula is C11H15N5O2. The lowest BCUT2D eigenvalue weighted by molar-refractivity contribution is -0.137. The minimum absolute atomic E-state index is 0.0883. The van der Waals surface area contributed by atoms with Crippen molar-refractivity contribution in [1.29, 1.82) is 5.26 Å². The van der Waals surface area contributed by atoms with Crippen molar-refractivity contribution >= 4 is 17.6 Å². The van der Waals surface area contributed by atoms with Gasteiger partial charge in [0.25, 0.3) is 0 Å². The van der Waals surface area contributed by atoms with Gasteiger partial charge in [-0.1, -0.05) is 0 Å². The van der Waals surface area contributed by atoms with E-state index in [1.807, 2.05) is 13.0 Å². The van der Waals surface area contributed by atoms with Gasteiger partial charge in [0.2, 0.25) is 0 Å². The summed E-state index contributed by atoms with van der Waals surface area (Å²) in [6, 6.07) is 2.17. The zero-order chi connectivity index (χ0) is 13.3. The highest BCUT2D eigenvalue weighted by atomic mass is 16.4. The molecule has 96 valence electrons. The van der Waals surface area contributed by atoms with E-state index in [1.165, 1.54) is 12.8 Å². The number of nitrogens with zero attached hydrogens (tertiary/aromatic N) is 3. The highest BCUT2D eigenvalue weighted by molar-refractivity contribution is 5.70. The van der Waals surface area contributed by atoms with Crippen molar-refractivity contribution < 1.29 is 9.90 Å². The van der Waals surface area contributed by atoms with E-state index in [9.17, 15) is 4.79 Å². The lowest BCUT2D eigenvalue weighted by atomic mass is 10.2. The third kappa shape index (κ3) is 2.37. The maximum absolute atomic E-state index is 10.7. The zero-order valence-electron chi connectivity index (χ0n) is 10.1. The molecule has 4 N–H and O–H groups in total. The van der Waals surface area contributed by atoms with Crippen molar-refractivity contribution in [3.63, 3.8) is 0 Å². The number of nitrogens with one attached hydrogen (secondary N) is 1. The van der Waals surface area contributed by atoms with Crippen molar-refractivity contribution in [3.05, 3.63) is 5.56 Å². The molecule has 0 aromatic carbocycles. The first-order chi connectivity index (χ1) is 8.52. The molecule has 0 aliphatic heterocycles. The van der Waals surface area contributed by atoms with Crippen LogP contribution in [0.25, 0.3) is 0 Å². The molecule has 0 saturated heterocycles. The molecule has 0 bridgehead atoms. The van der Waals surface area contributed by atoms with Gasteiger partial charge in [0.15, 0.2) is 5.82 Å². The van der Waals surface area contributed by atoms with Crippen LogP contribution < -0.4 is 11.1 Å². The van der Waals surface area contributed by atoms with Crippen LogP contribution in [0.3, 0.4) is 0 Å². The van der Waals surface area contributed by atoms with Crippen molar-refractivity contribution in [2.24, 2.45) is 5.92 Å². The summed E-state index contributed by atoms with van der Waals surface area (Å²) in [4.78, 5) is 10.7. The van der Waals surface area contributed by atoms with Crippen LogP contribution in [0.15, 0.2) is 0 Å². The predicted molar refractivity (Wildman–Crippen MR) is 64.8 cm³/mol. The second-order valence-corrected chi connectivity index (χ2v) is 4.54. The number of hydrogen-bond acceptors (Lipinski definition) is 5. The van der Waals surface area contributed by atoms with Gasteiger partial charge in [-0.3, -0.25) is 4.79 Å². The van der Waals surface area contributed by atoms with Crippen molar-refractivity contribution in [2.75, 3.05) is 11.1 Å². The molecule has 1 aliphatic rings. The van der Waals surface area contributed by atoms with Crippen LogP contribution in [0.1, 0.15) is 25.3 Å². The van der Waals surface area contributed by atoms with Gasteiger partial charge in [-0.25, -0.2) is 4.68 Å². The number of carboxylic acids is 1. The van der Waals surface area contributed by atoms with E-state index >= 15 is 0 Å². The molecule has 7 nitrogen and oxygen atoms in total. The number of hydrogen-bond donors (Lipinski definition) is 3.